The zero-order valence-electron chi connectivity index (χ0n) is 13.9. The Morgan fingerprint density at radius 1 is 1.32 bits per heavy atom. The van der Waals surface area contributed by atoms with Gasteiger partial charge in [-0.2, -0.15) is 0 Å². The zero-order chi connectivity index (χ0) is 17.2. The Kier molecular flexibility index (Phi) is 4.10. The first-order valence-corrected chi connectivity index (χ1v) is 8.34. The topological polar surface area (TPSA) is 97.6 Å². The lowest BCUT2D eigenvalue weighted by Gasteiger charge is -2.21. The van der Waals surface area contributed by atoms with Gasteiger partial charge in [0.2, 0.25) is 11.9 Å². The van der Waals surface area contributed by atoms with Crippen LogP contribution in [0.3, 0.4) is 0 Å². The molecule has 8 nitrogen and oxygen atoms in total. The maximum Gasteiger partial charge on any atom is 0.229 e. The van der Waals surface area contributed by atoms with E-state index in [0.717, 1.165) is 48.1 Å². The normalized spacial score (nSPS) is 15.4. The highest BCUT2D eigenvalue weighted by Gasteiger charge is 2.21. The summed E-state index contributed by atoms with van der Waals surface area (Å²) in [6, 6.07) is 5.84. The molecule has 3 heterocycles. The van der Waals surface area contributed by atoms with E-state index in [9.17, 15) is 4.79 Å². The Morgan fingerprint density at radius 3 is 2.92 bits per heavy atom. The van der Waals surface area contributed by atoms with Crippen LogP contribution in [0.1, 0.15) is 12.8 Å². The summed E-state index contributed by atoms with van der Waals surface area (Å²) >= 11 is 0. The molecule has 1 aliphatic heterocycles. The SMILES string of the molecule is Cn1cc(-c2ccc3cnc(NC(=O)C4CCNCC4)nc3c2)nn1. The van der Waals surface area contributed by atoms with Gasteiger partial charge in [-0.1, -0.05) is 17.3 Å². The van der Waals surface area contributed by atoms with Crippen molar-refractivity contribution >= 4 is 22.8 Å². The lowest BCUT2D eigenvalue weighted by molar-refractivity contribution is -0.120. The molecule has 1 saturated heterocycles. The van der Waals surface area contributed by atoms with Gasteiger partial charge >= 0.3 is 0 Å². The van der Waals surface area contributed by atoms with E-state index in [-0.39, 0.29) is 11.8 Å². The number of rotatable bonds is 3. The molecule has 0 unspecified atom stereocenters. The number of hydrogen-bond donors (Lipinski definition) is 2. The highest BCUT2D eigenvalue weighted by molar-refractivity contribution is 5.92. The number of benzene rings is 1. The van der Waals surface area contributed by atoms with E-state index >= 15 is 0 Å². The van der Waals surface area contributed by atoms with E-state index in [1.165, 1.54) is 0 Å². The molecular weight excluding hydrogens is 318 g/mol. The van der Waals surface area contributed by atoms with Crippen molar-refractivity contribution in [1.82, 2.24) is 30.3 Å². The number of hydrogen-bond acceptors (Lipinski definition) is 6. The van der Waals surface area contributed by atoms with Crippen LogP contribution < -0.4 is 10.6 Å². The van der Waals surface area contributed by atoms with Crippen molar-refractivity contribution in [1.29, 1.82) is 0 Å². The second-order valence-corrected chi connectivity index (χ2v) is 6.26. The van der Waals surface area contributed by atoms with Crippen LogP contribution in [-0.4, -0.2) is 44.0 Å². The van der Waals surface area contributed by atoms with Crippen molar-refractivity contribution in [3.8, 4) is 11.3 Å². The van der Waals surface area contributed by atoms with Crippen molar-refractivity contribution in [3.05, 3.63) is 30.6 Å². The van der Waals surface area contributed by atoms with Crippen LogP contribution in [-0.2, 0) is 11.8 Å². The molecule has 0 aliphatic carbocycles. The molecule has 1 aromatic carbocycles. The van der Waals surface area contributed by atoms with Gasteiger partial charge in [0.1, 0.15) is 5.69 Å². The molecule has 0 bridgehead atoms. The van der Waals surface area contributed by atoms with Gasteiger partial charge in [-0.05, 0) is 32.0 Å². The molecule has 2 N–H and O–H groups in total. The minimum atomic E-state index is -0.00840. The van der Waals surface area contributed by atoms with Gasteiger partial charge in [-0.3, -0.25) is 14.8 Å². The van der Waals surface area contributed by atoms with E-state index in [0.29, 0.717) is 5.95 Å². The van der Waals surface area contributed by atoms with Gasteiger partial charge in [-0.15, -0.1) is 5.10 Å². The van der Waals surface area contributed by atoms with Crippen LogP contribution >= 0.6 is 0 Å². The van der Waals surface area contributed by atoms with Gasteiger partial charge in [0.05, 0.1) is 11.7 Å². The first-order chi connectivity index (χ1) is 12.2. The minimum absolute atomic E-state index is 0.00840. The first-order valence-electron chi connectivity index (χ1n) is 8.34. The summed E-state index contributed by atoms with van der Waals surface area (Å²) in [4.78, 5) is 21.1. The average Bonchev–Trinajstić information content (AvgIpc) is 3.08. The highest BCUT2D eigenvalue weighted by atomic mass is 16.2. The third kappa shape index (κ3) is 3.34. The Bertz CT molecular complexity index is 914. The van der Waals surface area contributed by atoms with Crippen molar-refractivity contribution in [2.45, 2.75) is 12.8 Å². The van der Waals surface area contributed by atoms with E-state index in [1.54, 1.807) is 10.9 Å². The first kappa shape index (κ1) is 15.6. The number of nitrogens with zero attached hydrogens (tertiary/aromatic N) is 5. The molecule has 2 aromatic heterocycles. The molecule has 8 heteroatoms. The molecule has 1 aliphatic rings. The van der Waals surface area contributed by atoms with Crippen molar-refractivity contribution in [2.75, 3.05) is 18.4 Å². The average molecular weight is 337 g/mol. The summed E-state index contributed by atoms with van der Waals surface area (Å²) in [6.45, 7) is 1.75. The van der Waals surface area contributed by atoms with Crippen LogP contribution in [0.4, 0.5) is 5.95 Å². The molecule has 1 fully saturated rings. The molecule has 3 aromatic rings. The summed E-state index contributed by atoms with van der Waals surface area (Å²) in [5.74, 6) is 0.352. The van der Waals surface area contributed by atoms with Crippen LogP contribution in [0.5, 0.6) is 0 Å². The second kappa shape index (κ2) is 6.56. The summed E-state index contributed by atoms with van der Waals surface area (Å²) in [7, 11) is 1.83. The van der Waals surface area contributed by atoms with Crippen LogP contribution in [0.25, 0.3) is 22.2 Å². The number of fused-ring (bicyclic) bond motifs is 1. The lowest BCUT2D eigenvalue weighted by atomic mass is 9.97. The third-order valence-electron chi connectivity index (χ3n) is 4.43. The van der Waals surface area contributed by atoms with E-state index < -0.39 is 0 Å². The number of anilines is 1. The second-order valence-electron chi connectivity index (χ2n) is 6.26. The fourth-order valence-corrected chi connectivity index (χ4v) is 3.02. The maximum atomic E-state index is 12.4. The molecule has 0 spiro atoms. The Labute approximate surface area is 144 Å². The summed E-state index contributed by atoms with van der Waals surface area (Å²) in [6.07, 6.45) is 5.26. The fraction of sp³-hybridized carbons (Fsp3) is 0.353. The van der Waals surface area contributed by atoms with Gasteiger partial charge in [0, 0.05) is 30.1 Å². The lowest BCUT2D eigenvalue weighted by Crippen LogP contribution is -2.34. The van der Waals surface area contributed by atoms with Gasteiger partial charge < -0.3 is 5.32 Å². The molecule has 1 amide bonds. The quantitative estimate of drug-likeness (QED) is 0.749. The van der Waals surface area contributed by atoms with Crippen LogP contribution in [0, 0.1) is 5.92 Å². The molecule has 128 valence electrons. The number of nitrogens with one attached hydrogen (secondary N) is 2. The predicted octanol–water partition coefficient (Wildman–Crippen LogP) is 1.36. The predicted molar refractivity (Wildman–Crippen MR) is 93.8 cm³/mol. The number of piperidine rings is 1. The minimum Gasteiger partial charge on any atom is -0.317 e. The third-order valence-corrected chi connectivity index (χ3v) is 4.43. The zero-order valence-corrected chi connectivity index (χ0v) is 13.9. The number of amides is 1. The fourth-order valence-electron chi connectivity index (χ4n) is 3.02. The molecule has 4 rings (SSSR count). The number of aryl methyl sites for hydroxylation is 1. The molecule has 0 radical (unpaired) electrons. The highest BCUT2D eigenvalue weighted by Crippen LogP contribution is 2.22. The van der Waals surface area contributed by atoms with Crippen LogP contribution in [0.2, 0.25) is 0 Å². The molecule has 25 heavy (non-hydrogen) atoms. The Balaban J connectivity index is 1.59. The number of carbonyl (C=O) groups excluding carboxylic acids is 1. The standard InChI is InChI=1S/C17H19N7O/c1-24-10-15(22-23-24)12-2-3-13-9-19-17(20-14(13)8-12)21-16(25)11-4-6-18-7-5-11/h2-3,8-11,18H,4-7H2,1H3,(H,19,20,21,25). The molecule has 0 saturated carbocycles. The summed E-state index contributed by atoms with van der Waals surface area (Å²) in [5, 5.41) is 15.1. The Morgan fingerprint density at radius 2 is 2.16 bits per heavy atom. The van der Waals surface area contributed by atoms with Crippen LogP contribution in [0.15, 0.2) is 30.6 Å². The smallest absolute Gasteiger partial charge is 0.229 e. The number of aromatic nitrogens is 5. The van der Waals surface area contributed by atoms with Gasteiger partial charge in [0.25, 0.3) is 0 Å². The van der Waals surface area contributed by atoms with Crippen molar-refractivity contribution in [2.24, 2.45) is 13.0 Å². The molecule has 0 atom stereocenters. The Hall–Kier alpha value is -2.87. The summed E-state index contributed by atoms with van der Waals surface area (Å²) in [5.41, 5.74) is 2.47. The van der Waals surface area contributed by atoms with E-state index in [4.69, 9.17) is 0 Å². The summed E-state index contributed by atoms with van der Waals surface area (Å²) < 4.78 is 1.66. The van der Waals surface area contributed by atoms with Crippen molar-refractivity contribution < 1.29 is 4.79 Å². The maximum absolute atomic E-state index is 12.4. The van der Waals surface area contributed by atoms with E-state index in [1.807, 2.05) is 31.4 Å². The largest absolute Gasteiger partial charge is 0.317 e. The molecular formula is C17H19N7O. The monoisotopic (exact) mass is 337 g/mol. The van der Waals surface area contributed by atoms with E-state index in [2.05, 4.69) is 30.9 Å². The van der Waals surface area contributed by atoms with Crippen molar-refractivity contribution in [3.63, 3.8) is 0 Å². The number of carbonyl (C=O) groups is 1. The van der Waals surface area contributed by atoms with Gasteiger partial charge in [0.15, 0.2) is 0 Å². The van der Waals surface area contributed by atoms with Gasteiger partial charge in [-0.25, -0.2) is 9.97 Å².